The van der Waals surface area contributed by atoms with E-state index in [1.807, 2.05) is 47.4 Å². The molecule has 28 heavy (non-hydrogen) atoms. The Kier molecular flexibility index (Phi) is 4.46. The Balaban J connectivity index is 1.56. The minimum absolute atomic E-state index is 0.0220. The number of nitrogens with zero attached hydrogens (tertiary/aromatic N) is 1. The van der Waals surface area contributed by atoms with Crippen molar-refractivity contribution in [3.63, 3.8) is 0 Å². The number of carbonyl (C=O) groups excluding carboxylic acids is 1. The lowest BCUT2D eigenvalue weighted by atomic mass is 9.88. The zero-order valence-corrected chi connectivity index (χ0v) is 15.7. The van der Waals surface area contributed by atoms with Gasteiger partial charge >= 0.3 is 0 Å². The van der Waals surface area contributed by atoms with E-state index in [2.05, 4.69) is 42.5 Å². The van der Waals surface area contributed by atoms with Crippen LogP contribution in [-0.2, 0) is 22.4 Å². The zero-order valence-electron chi connectivity index (χ0n) is 15.7. The van der Waals surface area contributed by atoms with Gasteiger partial charge in [0.1, 0.15) is 6.23 Å². The SMILES string of the molecule is O=C1[C@@H](Cc2ccccc2)c2ccccc2C[C@@H]2OC[C@@H](c3ccccc3)N12. The van der Waals surface area contributed by atoms with Crippen molar-refractivity contribution in [1.82, 2.24) is 4.90 Å². The molecule has 3 atom stereocenters. The second-order valence-electron chi connectivity index (χ2n) is 7.61. The average Bonchev–Trinajstić information content (AvgIpc) is 3.12. The van der Waals surface area contributed by atoms with E-state index in [1.165, 1.54) is 11.1 Å². The summed E-state index contributed by atoms with van der Waals surface area (Å²) in [5, 5.41) is 0. The first-order valence-electron chi connectivity index (χ1n) is 9.92. The van der Waals surface area contributed by atoms with Gasteiger partial charge in [0.15, 0.2) is 0 Å². The van der Waals surface area contributed by atoms with Crippen molar-refractivity contribution in [3.05, 3.63) is 107 Å². The third-order valence-corrected chi connectivity index (χ3v) is 5.94. The van der Waals surface area contributed by atoms with Gasteiger partial charge in [-0.05, 0) is 28.7 Å². The summed E-state index contributed by atoms with van der Waals surface area (Å²) in [6.07, 6.45) is 1.26. The number of benzene rings is 3. The molecule has 1 fully saturated rings. The molecule has 0 unspecified atom stereocenters. The molecule has 0 radical (unpaired) electrons. The molecule has 5 rings (SSSR count). The number of hydrogen-bond donors (Lipinski definition) is 0. The summed E-state index contributed by atoms with van der Waals surface area (Å²) >= 11 is 0. The third-order valence-electron chi connectivity index (χ3n) is 5.94. The Hall–Kier alpha value is -2.91. The van der Waals surface area contributed by atoms with Crippen LogP contribution in [0.1, 0.15) is 34.2 Å². The summed E-state index contributed by atoms with van der Waals surface area (Å²) < 4.78 is 6.13. The van der Waals surface area contributed by atoms with Gasteiger partial charge in [0.2, 0.25) is 5.91 Å². The largest absolute Gasteiger partial charge is 0.355 e. The number of fused-ring (bicyclic) bond motifs is 2. The van der Waals surface area contributed by atoms with Gasteiger partial charge in [0.25, 0.3) is 0 Å². The van der Waals surface area contributed by atoms with E-state index < -0.39 is 0 Å². The van der Waals surface area contributed by atoms with Crippen molar-refractivity contribution in [2.45, 2.75) is 31.0 Å². The molecule has 2 aliphatic rings. The molecule has 3 aromatic rings. The zero-order chi connectivity index (χ0) is 18.9. The van der Waals surface area contributed by atoms with Crippen LogP contribution < -0.4 is 0 Å². The highest BCUT2D eigenvalue weighted by Gasteiger charge is 2.44. The van der Waals surface area contributed by atoms with Crippen LogP contribution in [0.3, 0.4) is 0 Å². The van der Waals surface area contributed by atoms with Crippen LogP contribution >= 0.6 is 0 Å². The summed E-state index contributed by atoms with van der Waals surface area (Å²) in [6, 6.07) is 28.9. The highest BCUT2D eigenvalue weighted by molar-refractivity contribution is 5.86. The lowest BCUT2D eigenvalue weighted by molar-refractivity contribution is -0.138. The minimum Gasteiger partial charge on any atom is -0.355 e. The average molecular weight is 369 g/mol. The highest BCUT2D eigenvalue weighted by atomic mass is 16.5. The maximum Gasteiger partial charge on any atom is 0.233 e. The van der Waals surface area contributed by atoms with Crippen LogP contribution in [0.5, 0.6) is 0 Å². The first kappa shape index (κ1) is 17.2. The maximum atomic E-state index is 13.8. The fraction of sp³-hybridized carbons (Fsp3) is 0.240. The van der Waals surface area contributed by atoms with Gasteiger partial charge < -0.3 is 9.64 Å². The molecular weight excluding hydrogens is 346 g/mol. The monoisotopic (exact) mass is 369 g/mol. The molecule has 1 amide bonds. The molecule has 2 aliphatic heterocycles. The van der Waals surface area contributed by atoms with E-state index >= 15 is 0 Å². The van der Waals surface area contributed by atoms with E-state index in [1.54, 1.807) is 0 Å². The Labute approximate surface area is 165 Å². The Morgan fingerprint density at radius 1 is 0.857 bits per heavy atom. The van der Waals surface area contributed by atoms with E-state index in [4.69, 9.17) is 4.74 Å². The van der Waals surface area contributed by atoms with Gasteiger partial charge in [0, 0.05) is 6.42 Å². The summed E-state index contributed by atoms with van der Waals surface area (Å²) in [7, 11) is 0. The fourth-order valence-electron chi connectivity index (χ4n) is 4.56. The molecule has 3 heteroatoms. The highest BCUT2D eigenvalue weighted by Crippen LogP contribution is 2.40. The van der Waals surface area contributed by atoms with E-state index in [9.17, 15) is 4.79 Å². The van der Waals surface area contributed by atoms with Gasteiger partial charge in [-0.1, -0.05) is 84.9 Å². The predicted octanol–water partition coefficient (Wildman–Crippen LogP) is 4.50. The quantitative estimate of drug-likeness (QED) is 0.680. The third kappa shape index (κ3) is 3.02. The van der Waals surface area contributed by atoms with Gasteiger partial charge in [-0.25, -0.2) is 0 Å². The van der Waals surface area contributed by atoms with Crippen LogP contribution in [0.4, 0.5) is 0 Å². The van der Waals surface area contributed by atoms with Crippen LogP contribution in [0.15, 0.2) is 84.9 Å². The van der Waals surface area contributed by atoms with Crippen molar-refractivity contribution in [3.8, 4) is 0 Å². The molecule has 1 saturated heterocycles. The van der Waals surface area contributed by atoms with E-state index in [0.717, 1.165) is 17.5 Å². The van der Waals surface area contributed by atoms with Crippen LogP contribution in [0.2, 0.25) is 0 Å². The second-order valence-corrected chi connectivity index (χ2v) is 7.61. The Morgan fingerprint density at radius 3 is 2.32 bits per heavy atom. The fourth-order valence-corrected chi connectivity index (χ4v) is 4.56. The van der Waals surface area contributed by atoms with Crippen LogP contribution in [0, 0.1) is 0 Å². The number of rotatable bonds is 3. The minimum atomic E-state index is -0.195. The molecule has 0 saturated carbocycles. The molecule has 3 aromatic carbocycles. The summed E-state index contributed by atoms with van der Waals surface area (Å²) in [5.74, 6) is -0.0123. The number of carbonyl (C=O) groups is 1. The molecule has 0 N–H and O–H groups in total. The molecule has 0 aromatic heterocycles. The predicted molar refractivity (Wildman–Crippen MR) is 109 cm³/mol. The maximum absolute atomic E-state index is 13.8. The van der Waals surface area contributed by atoms with Crippen molar-refractivity contribution in [1.29, 1.82) is 0 Å². The molecule has 0 aliphatic carbocycles. The molecule has 3 nitrogen and oxygen atoms in total. The smallest absolute Gasteiger partial charge is 0.233 e. The lowest BCUT2D eigenvalue weighted by Crippen LogP contribution is -2.40. The molecule has 140 valence electrons. The summed E-state index contributed by atoms with van der Waals surface area (Å²) in [4.78, 5) is 15.8. The molecular formula is C25H23NO2. The second kappa shape index (κ2) is 7.25. The Bertz CT molecular complexity index is 970. The van der Waals surface area contributed by atoms with Crippen LogP contribution in [0.25, 0.3) is 0 Å². The number of hydrogen-bond acceptors (Lipinski definition) is 2. The normalized spacial score (nSPS) is 23.8. The number of ether oxygens (including phenoxy) is 1. The van der Waals surface area contributed by atoms with Crippen molar-refractivity contribution < 1.29 is 9.53 Å². The first-order valence-corrected chi connectivity index (χ1v) is 9.92. The Morgan fingerprint density at radius 2 is 1.54 bits per heavy atom. The van der Waals surface area contributed by atoms with Gasteiger partial charge in [0.05, 0.1) is 18.6 Å². The van der Waals surface area contributed by atoms with Crippen molar-refractivity contribution in [2.24, 2.45) is 0 Å². The number of amides is 1. The topological polar surface area (TPSA) is 29.5 Å². The first-order chi connectivity index (χ1) is 13.8. The van der Waals surface area contributed by atoms with Crippen LogP contribution in [-0.4, -0.2) is 23.6 Å². The van der Waals surface area contributed by atoms with Crippen molar-refractivity contribution >= 4 is 5.91 Å². The van der Waals surface area contributed by atoms with E-state index in [0.29, 0.717) is 13.0 Å². The lowest BCUT2D eigenvalue weighted by Gasteiger charge is -2.29. The van der Waals surface area contributed by atoms with E-state index in [-0.39, 0.29) is 24.1 Å². The summed E-state index contributed by atoms with van der Waals surface area (Å²) in [5.41, 5.74) is 4.69. The van der Waals surface area contributed by atoms with Crippen molar-refractivity contribution in [2.75, 3.05) is 6.61 Å². The van der Waals surface area contributed by atoms with Gasteiger partial charge in [-0.3, -0.25) is 4.79 Å². The summed E-state index contributed by atoms with van der Waals surface area (Å²) in [6.45, 7) is 0.556. The standard InChI is InChI=1S/C25H23NO2/c27-25-22(15-18-9-3-1-4-10-18)21-14-8-7-13-20(21)16-24-26(25)23(17-28-24)19-11-5-2-6-12-19/h1-14,22-24H,15-17H2/t22-,23-,24-/m0/s1. The van der Waals surface area contributed by atoms with Gasteiger partial charge in [-0.2, -0.15) is 0 Å². The molecule has 0 spiro atoms. The van der Waals surface area contributed by atoms with Gasteiger partial charge in [-0.15, -0.1) is 0 Å². The molecule has 0 bridgehead atoms. The molecule has 2 heterocycles.